The molecule has 2 aromatic heterocycles. The summed E-state index contributed by atoms with van der Waals surface area (Å²) in [7, 11) is 0. The van der Waals surface area contributed by atoms with Gasteiger partial charge in [-0.25, -0.2) is 4.98 Å². The fourth-order valence-corrected chi connectivity index (χ4v) is 3.36. The van der Waals surface area contributed by atoms with Gasteiger partial charge in [-0.3, -0.25) is 4.79 Å². The van der Waals surface area contributed by atoms with Crippen molar-refractivity contribution in [1.82, 2.24) is 14.7 Å². The van der Waals surface area contributed by atoms with Crippen molar-refractivity contribution in [2.75, 3.05) is 0 Å². The van der Waals surface area contributed by atoms with Crippen molar-refractivity contribution in [3.8, 4) is 0 Å². The van der Waals surface area contributed by atoms with Crippen molar-refractivity contribution in [2.45, 2.75) is 44.7 Å². The van der Waals surface area contributed by atoms with Crippen LogP contribution in [0.1, 0.15) is 38.3 Å². The Morgan fingerprint density at radius 2 is 2.17 bits per heavy atom. The summed E-state index contributed by atoms with van der Waals surface area (Å²) in [6.07, 6.45) is 7.61. The van der Waals surface area contributed by atoms with Crippen LogP contribution in [0.3, 0.4) is 0 Å². The number of carbonyl (C=O) groups is 1. The lowest BCUT2D eigenvalue weighted by atomic mass is 9.74. The molecule has 8 heteroatoms. The number of nitrogens with two attached hydrogens (primary N) is 1. The summed E-state index contributed by atoms with van der Waals surface area (Å²) in [5.74, 6) is -0.0903. The number of fused-ring (bicyclic) bond motifs is 1. The summed E-state index contributed by atoms with van der Waals surface area (Å²) in [6, 6.07) is 3.65. The first-order valence-corrected chi connectivity index (χ1v) is 8.03. The normalized spacial score (nSPS) is 23.2. The van der Waals surface area contributed by atoms with Crippen molar-refractivity contribution in [3.63, 3.8) is 0 Å². The van der Waals surface area contributed by atoms with Crippen LogP contribution in [0.2, 0.25) is 5.02 Å². The summed E-state index contributed by atoms with van der Waals surface area (Å²) < 4.78 is 1.86. The van der Waals surface area contributed by atoms with Crippen LogP contribution in [0, 0.1) is 5.92 Å². The quantitative estimate of drug-likeness (QED) is 0.840. The molecule has 1 aliphatic carbocycles. The zero-order valence-electron chi connectivity index (χ0n) is 13.5. The number of carbonyl (C=O) groups excluding carboxylic acids is 1. The summed E-state index contributed by atoms with van der Waals surface area (Å²) in [4.78, 5) is 16.9. The molecular weight excluding hydrogens is 371 g/mol. The largest absolute Gasteiger partial charge is 0.350 e. The van der Waals surface area contributed by atoms with Crippen LogP contribution in [0.4, 0.5) is 0 Å². The van der Waals surface area contributed by atoms with E-state index in [1.807, 2.05) is 23.6 Å². The Kier molecular flexibility index (Phi) is 7.35. The van der Waals surface area contributed by atoms with Crippen LogP contribution in [0.5, 0.6) is 0 Å². The number of pyridine rings is 1. The number of halogens is 3. The minimum Gasteiger partial charge on any atom is -0.350 e. The Balaban J connectivity index is 0.00000144. The van der Waals surface area contributed by atoms with Gasteiger partial charge in [0, 0.05) is 17.9 Å². The lowest BCUT2D eigenvalue weighted by Crippen LogP contribution is -2.52. The summed E-state index contributed by atoms with van der Waals surface area (Å²) >= 11 is 5.96. The average molecular weight is 394 g/mol. The van der Waals surface area contributed by atoms with Gasteiger partial charge in [-0.15, -0.1) is 24.8 Å². The smallest absolute Gasteiger partial charge is 0.225 e. The van der Waals surface area contributed by atoms with Gasteiger partial charge in [-0.2, -0.15) is 0 Å². The van der Waals surface area contributed by atoms with E-state index in [2.05, 4.69) is 10.3 Å². The third-order valence-electron chi connectivity index (χ3n) is 4.48. The second kappa shape index (κ2) is 8.39. The highest BCUT2D eigenvalue weighted by molar-refractivity contribution is 6.30. The maximum atomic E-state index is 12.4. The predicted octanol–water partition coefficient (Wildman–Crippen LogP) is 3.36. The van der Waals surface area contributed by atoms with Crippen LogP contribution in [0.25, 0.3) is 5.65 Å². The molecule has 5 nitrogen and oxygen atoms in total. The average Bonchev–Trinajstić information content (AvgIpc) is 2.86. The van der Waals surface area contributed by atoms with E-state index in [4.69, 9.17) is 17.3 Å². The number of hydrogen-bond donors (Lipinski definition) is 2. The van der Waals surface area contributed by atoms with E-state index in [1.165, 1.54) is 0 Å². The van der Waals surface area contributed by atoms with Crippen molar-refractivity contribution in [2.24, 2.45) is 11.7 Å². The minimum atomic E-state index is -0.408. The summed E-state index contributed by atoms with van der Waals surface area (Å²) in [5.41, 5.74) is 7.49. The van der Waals surface area contributed by atoms with Gasteiger partial charge >= 0.3 is 0 Å². The minimum absolute atomic E-state index is 0. The number of aromatic nitrogens is 2. The molecular formula is C16H23Cl3N4O. The Morgan fingerprint density at radius 3 is 2.88 bits per heavy atom. The Labute approximate surface area is 159 Å². The van der Waals surface area contributed by atoms with Gasteiger partial charge in [0.1, 0.15) is 5.65 Å². The van der Waals surface area contributed by atoms with Crippen molar-refractivity contribution < 1.29 is 4.79 Å². The maximum Gasteiger partial charge on any atom is 0.225 e. The molecule has 2 heterocycles. The van der Waals surface area contributed by atoms with E-state index in [9.17, 15) is 4.79 Å². The maximum absolute atomic E-state index is 12.4. The van der Waals surface area contributed by atoms with Gasteiger partial charge in [0.15, 0.2) is 0 Å². The fourth-order valence-electron chi connectivity index (χ4n) is 3.19. The highest BCUT2D eigenvalue weighted by Crippen LogP contribution is 2.31. The number of rotatable bonds is 3. The molecule has 1 saturated carbocycles. The van der Waals surface area contributed by atoms with Gasteiger partial charge in [0.25, 0.3) is 0 Å². The van der Waals surface area contributed by atoms with Gasteiger partial charge in [-0.05, 0) is 31.9 Å². The molecule has 1 aliphatic rings. The first kappa shape index (κ1) is 21.0. The molecule has 0 aromatic carbocycles. The van der Waals surface area contributed by atoms with E-state index < -0.39 is 5.54 Å². The first-order chi connectivity index (χ1) is 10.5. The predicted molar refractivity (Wildman–Crippen MR) is 101 cm³/mol. The molecule has 134 valence electrons. The van der Waals surface area contributed by atoms with Gasteiger partial charge in [0.05, 0.1) is 23.2 Å². The van der Waals surface area contributed by atoms with Crippen LogP contribution in [-0.2, 0) is 11.3 Å². The van der Waals surface area contributed by atoms with Crippen molar-refractivity contribution in [1.29, 1.82) is 0 Å². The molecule has 0 radical (unpaired) electrons. The molecule has 1 fully saturated rings. The Morgan fingerprint density at radius 1 is 1.42 bits per heavy atom. The third kappa shape index (κ3) is 4.54. The second-order valence-corrected chi connectivity index (χ2v) is 6.80. The Hall–Kier alpha value is -1.01. The van der Waals surface area contributed by atoms with Crippen LogP contribution >= 0.6 is 36.4 Å². The van der Waals surface area contributed by atoms with Gasteiger partial charge in [0.2, 0.25) is 5.91 Å². The fraction of sp³-hybridized carbons (Fsp3) is 0.500. The van der Waals surface area contributed by atoms with Crippen LogP contribution < -0.4 is 11.1 Å². The molecule has 0 saturated heterocycles. The molecule has 0 aliphatic heterocycles. The highest BCUT2D eigenvalue weighted by Gasteiger charge is 2.37. The molecule has 3 rings (SSSR count). The van der Waals surface area contributed by atoms with Gasteiger partial charge < -0.3 is 15.5 Å². The lowest BCUT2D eigenvalue weighted by molar-refractivity contribution is -0.128. The van der Waals surface area contributed by atoms with Crippen molar-refractivity contribution in [3.05, 3.63) is 35.2 Å². The van der Waals surface area contributed by atoms with Crippen LogP contribution in [-0.4, -0.2) is 20.8 Å². The lowest BCUT2D eigenvalue weighted by Gasteiger charge is -2.37. The van der Waals surface area contributed by atoms with Gasteiger partial charge in [-0.1, -0.05) is 24.4 Å². The molecule has 0 bridgehead atoms. The highest BCUT2D eigenvalue weighted by atomic mass is 35.5. The van der Waals surface area contributed by atoms with E-state index in [-0.39, 0.29) is 36.6 Å². The zero-order valence-corrected chi connectivity index (χ0v) is 15.9. The number of nitrogens with one attached hydrogen (secondary N) is 1. The molecule has 1 amide bonds. The summed E-state index contributed by atoms with van der Waals surface area (Å²) in [6.45, 7) is 2.38. The number of hydrogen-bond acceptors (Lipinski definition) is 3. The van der Waals surface area contributed by atoms with E-state index >= 15 is 0 Å². The van der Waals surface area contributed by atoms with E-state index in [0.717, 1.165) is 37.0 Å². The first-order valence-electron chi connectivity index (χ1n) is 7.65. The molecule has 0 spiro atoms. The number of amides is 1. The van der Waals surface area contributed by atoms with E-state index in [1.54, 1.807) is 12.3 Å². The molecule has 3 N–H and O–H groups in total. The third-order valence-corrected chi connectivity index (χ3v) is 4.70. The van der Waals surface area contributed by atoms with E-state index in [0.29, 0.717) is 11.6 Å². The second-order valence-electron chi connectivity index (χ2n) is 6.37. The topological polar surface area (TPSA) is 72.4 Å². The number of imidazole rings is 1. The Bertz CT molecular complexity index is 702. The molecule has 24 heavy (non-hydrogen) atoms. The zero-order chi connectivity index (χ0) is 15.7. The van der Waals surface area contributed by atoms with Crippen LogP contribution in [0.15, 0.2) is 24.5 Å². The molecule has 2 atom stereocenters. The standard InChI is InChI=1S/C16H21ClN4O.2ClH/c1-16(18)7-3-2-4-13(16)15(22)19-8-12-10-21-9-11(17)5-6-14(21)20-12;;/h5-6,9-10,13H,2-4,7-8,18H2,1H3,(H,19,22);2*1H. The molecule has 2 aromatic rings. The SMILES string of the molecule is CC1(N)CCCCC1C(=O)NCc1cn2cc(Cl)ccc2n1.Cl.Cl. The molecule has 2 unspecified atom stereocenters. The monoisotopic (exact) mass is 392 g/mol. The summed E-state index contributed by atoms with van der Waals surface area (Å²) in [5, 5.41) is 3.63. The van der Waals surface area contributed by atoms with Crippen molar-refractivity contribution >= 4 is 48.0 Å². The number of nitrogens with zero attached hydrogens (tertiary/aromatic N) is 2.